The maximum absolute atomic E-state index is 14.0. The first-order valence-corrected chi connectivity index (χ1v) is 14.6. The van der Waals surface area contributed by atoms with Gasteiger partial charge in [0.05, 0.1) is 5.69 Å². The first kappa shape index (κ1) is 27.4. The second kappa shape index (κ2) is 11.3. The highest BCUT2D eigenvalue weighted by Crippen LogP contribution is 2.40. The molecule has 1 amide bonds. The zero-order valence-electron chi connectivity index (χ0n) is 23.8. The highest BCUT2D eigenvalue weighted by Gasteiger charge is 2.34. The van der Waals surface area contributed by atoms with Gasteiger partial charge in [0.25, 0.3) is 0 Å². The molecule has 3 aliphatic rings. The minimum atomic E-state index is -0.845. The van der Waals surface area contributed by atoms with Crippen molar-refractivity contribution in [1.29, 1.82) is 0 Å². The number of likely N-dealkylation sites (N-methyl/N-ethyl adjacent to an activating group) is 1. The van der Waals surface area contributed by atoms with Gasteiger partial charge in [-0.2, -0.15) is 9.97 Å². The Labute approximate surface area is 240 Å². The molecule has 6 rings (SSSR count). The third kappa shape index (κ3) is 5.47. The SMILES string of the molecule is C=CC(=O)N1CCN(c2nc(OC[C@@H]3C[C@H](F)CN3C)nc3c2CC[C@@H](c2cc(O)cc4ccccc24)C3)[C@@H](C)C1. The number of carbonyl (C=O) groups excluding carboxylic acids is 1. The zero-order chi connectivity index (χ0) is 28.7. The predicted molar refractivity (Wildman–Crippen MR) is 157 cm³/mol. The fraction of sp³-hybridized carbons (Fsp3) is 0.469. The number of piperazine rings is 1. The van der Waals surface area contributed by atoms with Crippen molar-refractivity contribution in [2.45, 2.75) is 56.8 Å². The standard InChI is InChI=1S/C32H38FN5O3/c1-4-30(40)37-11-12-38(20(2)17-37)31-27-10-9-22(28-16-25(39)13-21-7-5-6-8-26(21)28)14-29(27)34-32(35-31)41-19-24-15-23(33)18-36(24)3/h4-8,13,16,20,22-24,39H,1,9-12,14-15,17-19H2,2-3H3/t20-,22+,23-,24-/m0/s1. The number of phenolic OH excluding ortho intramolecular Hbond substituents is 1. The van der Waals surface area contributed by atoms with Crippen LogP contribution >= 0.6 is 0 Å². The van der Waals surface area contributed by atoms with E-state index in [1.807, 2.05) is 47.2 Å². The fourth-order valence-corrected chi connectivity index (χ4v) is 6.78. The molecule has 3 aromatic rings. The minimum Gasteiger partial charge on any atom is -0.508 e. The van der Waals surface area contributed by atoms with E-state index in [2.05, 4.69) is 24.5 Å². The quantitative estimate of drug-likeness (QED) is 0.452. The van der Waals surface area contributed by atoms with Gasteiger partial charge in [-0.25, -0.2) is 4.39 Å². The third-order valence-corrected chi connectivity index (χ3v) is 8.98. The van der Waals surface area contributed by atoms with Crippen LogP contribution in [0.15, 0.2) is 49.1 Å². The van der Waals surface area contributed by atoms with E-state index in [4.69, 9.17) is 14.7 Å². The number of benzene rings is 2. The maximum Gasteiger partial charge on any atom is 0.318 e. The van der Waals surface area contributed by atoms with E-state index in [0.717, 1.165) is 46.3 Å². The molecule has 2 fully saturated rings. The van der Waals surface area contributed by atoms with Crippen LogP contribution in [0.3, 0.4) is 0 Å². The van der Waals surface area contributed by atoms with Crippen LogP contribution in [0.2, 0.25) is 0 Å². The van der Waals surface area contributed by atoms with Gasteiger partial charge < -0.3 is 19.6 Å². The van der Waals surface area contributed by atoms with Crippen LogP contribution in [0.1, 0.15) is 42.5 Å². The number of amides is 1. The topological polar surface area (TPSA) is 82.0 Å². The molecule has 2 aliphatic heterocycles. The molecule has 4 atom stereocenters. The Hall–Kier alpha value is -3.72. The summed E-state index contributed by atoms with van der Waals surface area (Å²) in [7, 11) is 1.92. The van der Waals surface area contributed by atoms with Crippen LogP contribution < -0.4 is 9.64 Å². The van der Waals surface area contributed by atoms with Crippen LogP contribution in [-0.4, -0.2) is 88.9 Å². The summed E-state index contributed by atoms with van der Waals surface area (Å²) in [5.74, 6) is 1.26. The normalized spacial score (nSPS) is 24.9. The lowest BCUT2D eigenvalue weighted by Crippen LogP contribution is -2.54. The number of alkyl halides is 1. The summed E-state index contributed by atoms with van der Waals surface area (Å²) < 4.78 is 20.2. The lowest BCUT2D eigenvalue weighted by Gasteiger charge is -2.41. The fourth-order valence-electron chi connectivity index (χ4n) is 6.78. The van der Waals surface area contributed by atoms with Crippen LogP contribution in [-0.2, 0) is 17.6 Å². The van der Waals surface area contributed by atoms with Gasteiger partial charge in [0.15, 0.2) is 0 Å². The summed E-state index contributed by atoms with van der Waals surface area (Å²) in [6, 6.07) is 12.2. The van der Waals surface area contributed by atoms with Crippen molar-refractivity contribution in [3.05, 3.63) is 65.9 Å². The molecular formula is C32H38FN5O3. The lowest BCUT2D eigenvalue weighted by atomic mass is 9.80. The number of carbonyl (C=O) groups is 1. The molecule has 1 N–H and O–H groups in total. The molecule has 1 aromatic heterocycles. The van der Waals surface area contributed by atoms with Crippen molar-refractivity contribution < 1.29 is 19.0 Å². The second-order valence-electron chi connectivity index (χ2n) is 11.7. The van der Waals surface area contributed by atoms with E-state index in [0.29, 0.717) is 51.6 Å². The van der Waals surface area contributed by atoms with Crippen LogP contribution in [0, 0.1) is 0 Å². The van der Waals surface area contributed by atoms with Gasteiger partial charge in [-0.3, -0.25) is 9.69 Å². The number of halogens is 1. The number of hydrogen-bond acceptors (Lipinski definition) is 7. The number of rotatable bonds is 6. The van der Waals surface area contributed by atoms with Crippen molar-refractivity contribution in [1.82, 2.24) is 19.8 Å². The number of nitrogens with zero attached hydrogens (tertiary/aromatic N) is 5. The Morgan fingerprint density at radius 3 is 2.80 bits per heavy atom. The van der Waals surface area contributed by atoms with Gasteiger partial charge in [-0.15, -0.1) is 0 Å². The van der Waals surface area contributed by atoms with Gasteiger partial charge in [-0.1, -0.05) is 30.8 Å². The third-order valence-electron chi connectivity index (χ3n) is 8.98. The Morgan fingerprint density at radius 1 is 1.22 bits per heavy atom. The Kier molecular flexibility index (Phi) is 7.55. The molecule has 41 heavy (non-hydrogen) atoms. The van der Waals surface area contributed by atoms with Gasteiger partial charge in [0, 0.05) is 43.8 Å². The number of fused-ring (bicyclic) bond motifs is 2. The number of hydrogen-bond donors (Lipinski definition) is 1. The van der Waals surface area contributed by atoms with E-state index >= 15 is 0 Å². The number of aromatic hydroxyl groups is 1. The summed E-state index contributed by atoms with van der Waals surface area (Å²) in [4.78, 5) is 28.2. The average Bonchev–Trinajstić information content (AvgIpc) is 3.30. The molecule has 0 unspecified atom stereocenters. The largest absolute Gasteiger partial charge is 0.508 e. The highest BCUT2D eigenvalue weighted by atomic mass is 19.1. The number of ether oxygens (including phenoxy) is 1. The summed E-state index contributed by atoms with van der Waals surface area (Å²) >= 11 is 0. The Balaban J connectivity index is 1.33. The van der Waals surface area contributed by atoms with E-state index in [9.17, 15) is 14.3 Å². The van der Waals surface area contributed by atoms with Gasteiger partial charge in [0.2, 0.25) is 5.91 Å². The molecule has 0 spiro atoms. The monoisotopic (exact) mass is 559 g/mol. The summed E-state index contributed by atoms with van der Waals surface area (Å²) in [5.41, 5.74) is 3.20. The molecule has 0 bridgehead atoms. The maximum atomic E-state index is 14.0. The molecule has 9 heteroatoms. The lowest BCUT2D eigenvalue weighted by molar-refractivity contribution is -0.126. The van der Waals surface area contributed by atoms with Crippen molar-refractivity contribution in [2.24, 2.45) is 0 Å². The van der Waals surface area contributed by atoms with E-state index in [-0.39, 0.29) is 29.7 Å². The molecule has 0 saturated carbocycles. The number of phenols is 1. The number of anilines is 1. The van der Waals surface area contributed by atoms with E-state index in [1.165, 1.54) is 6.08 Å². The second-order valence-corrected chi connectivity index (χ2v) is 11.7. The zero-order valence-corrected chi connectivity index (χ0v) is 23.8. The highest BCUT2D eigenvalue weighted by molar-refractivity contribution is 5.88. The first-order chi connectivity index (χ1) is 19.8. The van der Waals surface area contributed by atoms with Crippen molar-refractivity contribution >= 4 is 22.5 Å². The molecule has 8 nitrogen and oxygen atoms in total. The molecule has 2 saturated heterocycles. The number of aromatic nitrogens is 2. The summed E-state index contributed by atoms with van der Waals surface area (Å²) in [6.45, 7) is 8.32. The summed E-state index contributed by atoms with van der Waals surface area (Å²) in [5, 5.41) is 12.7. The minimum absolute atomic E-state index is 0.0214. The Bertz CT molecular complexity index is 1460. The van der Waals surface area contributed by atoms with Crippen LogP contribution in [0.25, 0.3) is 10.8 Å². The summed E-state index contributed by atoms with van der Waals surface area (Å²) in [6.07, 6.45) is 3.37. The van der Waals surface area contributed by atoms with Crippen molar-refractivity contribution in [3.63, 3.8) is 0 Å². The average molecular weight is 560 g/mol. The Morgan fingerprint density at radius 2 is 2.05 bits per heavy atom. The van der Waals surface area contributed by atoms with Crippen molar-refractivity contribution in [3.8, 4) is 11.8 Å². The van der Waals surface area contributed by atoms with Crippen LogP contribution in [0.4, 0.5) is 10.2 Å². The predicted octanol–water partition coefficient (Wildman–Crippen LogP) is 4.25. The number of likely N-dealkylation sites (tertiary alicyclic amines) is 1. The van der Waals surface area contributed by atoms with Gasteiger partial charge >= 0.3 is 6.01 Å². The smallest absolute Gasteiger partial charge is 0.318 e. The van der Waals surface area contributed by atoms with E-state index in [1.54, 1.807) is 0 Å². The molecule has 1 aliphatic carbocycles. The van der Waals surface area contributed by atoms with Crippen molar-refractivity contribution in [2.75, 3.05) is 44.7 Å². The molecule has 0 radical (unpaired) electrons. The van der Waals surface area contributed by atoms with Gasteiger partial charge in [-0.05, 0) is 80.1 Å². The molecular weight excluding hydrogens is 521 g/mol. The van der Waals surface area contributed by atoms with Crippen LogP contribution in [0.5, 0.6) is 11.8 Å². The molecule has 2 aromatic carbocycles. The molecule has 3 heterocycles. The first-order valence-electron chi connectivity index (χ1n) is 14.6. The van der Waals surface area contributed by atoms with E-state index < -0.39 is 6.17 Å². The molecule has 216 valence electrons. The van der Waals surface area contributed by atoms with Gasteiger partial charge in [0.1, 0.15) is 24.3 Å².